The van der Waals surface area contributed by atoms with E-state index in [1.807, 2.05) is 13.8 Å². The van der Waals surface area contributed by atoms with Crippen LogP contribution in [0.25, 0.3) is 0 Å². The molecule has 0 fully saturated rings. The Balaban J connectivity index is -0.000000284. The molecule has 0 amide bonds. The third-order valence-electron chi connectivity index (χ3n) is 5.00. The summed E-state index contributed by atoms with van der Waals surface area (Å²) in [5.41, 5.74) is 4.15. The van der Waals surface area contributed by atoms with E-state index in [0.717, 1.165) is 51.4 Å². The molecule has 3 unspecified atom stereocenters. The number of carbonyl (C=O) groups excluding carboxylic acids is 2. The van der Waals surface area contributed by atoms with Gasteiger partial charge < -0.3 is 18.1 Å². The van der Waals surface area contributed by atoms with Gasteiger partial charge in [0.25, 0.3) is 10.1 Å². The fourth-order valence-electron chi connectivity index (χ4n) is 2.82. The Morgan fingerprint density at radius 1 is 0.970 bits per heavy atom. The van der Waals surface area contributed by atoms with Crippen LogP contribution in [-0.4, -0.2) is 43.4 Å². The average molecular weight is 513 g/mol. The molecule has 0 bridgehead atoms. The molecule has 0 spiro atoms. The SMILES string of the molecule is CCCCC(CC)COC(=O)CC(C(=O)OCC(CC)CCCC)S(=O)(=O)O.N#CN.[H-].[H-].[Na+].[Na+]. The molecule has 0 aliphatic rings. The Bertz CT molecular complexity index is 654. The molecule has 12 heteroatoms. The summed E-state index contributed by atoms with van der Waals surface area (Å²) < 4.78 is 42.8. The van der Waals surface area contributed by atoms with Crippen molar-refractivity contribution in [3.05, 3.63) is 0 Å². The second kappa shape index (κ2) is 25.2. The molecule has 0 radical (unpaired) electrons. The molecule has 0 aliphatic carbocycles. The van der Waals surface area contributed by atoms with Crippen LogP contribution in [0.4, 0.5) is 0 Å². The first-order valence-electron chi connectivity index (χ1n) is 11.0. The Hall–Kier alpha value is 0.140. The van der Waals surface area contributed by atoms with Crippen LogP contribution in [0.15, 0.2) is 0 Å². The van der Waals surface area contributed by atoms with Crippen molar-refractivity contribution in [3.63, 3.8) is 0 Å². The van der Waals surface area contributed by atoms with Gasteiger partial charge in [-0.2, -0.15) is 13.7 Å². The number of rotatable bonds is 16. The molecule has 0 saturated heterocycles. The second-order valence-electron chi connectivity index (χ2n) is 7.48. The van der Waals surface area contributed by atoms with Crippen molar-refractivity contribution in [2.24, 2.45) is 17.6 Å². The summed E-state index contributed by atoms with van der Waals surface area (Å²) >= 11 is 0. The predicted octanol–water partition coefficient (Wildman–Crippen LogP) is -2.19. The van der Waals surface area contributed by atoms with Gasteiger partial charge in [-0.1, -0.05) is 66.2 Å². The summed E-state index contributed by atoms with van der Waals surface area (Å²) in [6, 6.07) is 0. The zero-order valence-corrected chi connectivity index (χ0v) is 26.2. The Morgan fingerprint density at radius 3 is 1.70 bits per heavy atom. The van der Waals surface area contributed by atoms with Crippen LogP contribution in [0.3, 0.4) is 0 Å². The zero-order valence-electron chi connectivity index (χ0n) is 23.3. The van der Waals surface area contributed by atoms with Crippen LogP contribution in [0, 0.1) is 23.3 Å². The van der Waals surface area contributed by atoms with Crippen molar-refractivity contribution >= 4 is 22.1 Å². The summed E-state index contributed by atoms with van der Waals surface area (Å²) in [7, 11) is -4.76. The molecule has 186 valence electrons. The number of nitrogens with two attached hydrogens (primary N) is 1. The molecular formula is C21H42N2Na2O7S. The standard InChI is InChI=1S/C20H38O7S.CH2N2.2Na.2H/c1-5-9-11-16(7-3)14-26-19(21)13-18(28(23,24)25)20(22)27-15-17(8-4)12-10-6-2;2-1-3;;;;/h16-18H,5-15H2,1-4H3,(H,23,24,25);2H2;;;;/q;;2*+1;2*-1. The largest absolute Gasteiger partial charge is 1.00 e. The first-order valence-corrected chi connectivity index (χ1v) is 12.5. The summed E-state index contributed by atoms with van der Waals surface area (Å²) in [6.45, 7) is 8.35. The van der Waals surface area contributed by atoms with E-state index in [0.29, 0.717) is 0 Å². The van der Waals surface area contributed by atoms with E-state index in [9.17, 15) is 22.6 Å². The molecule has 0 aromatic carbocycles. The van der Waals surface area contributed by atoms with Gasteiger partial charge in [0, 0.05) is 0 Å². The van der Waals surface area contributed by atoms with Gasteiger partial charge in [-0.25, -0.2) is 0 Å². The van der Waals surface area contributed by atoms with Gasteiger partial charge >= 0.3 is 71.1 Å². The van der Waals surface area contributed by atoms with Gasteiger partial charge in [-0.15, -0.1) is 0 Å². The van der Waals surface area contributed by atoms with Crippen LogP contribution in [0.5, 0.6) is 0 Å². The number of unbranched alkanes of at least 4 members (excludes halogenated alkanes) is 2. The van der Waals surface area contributed by atoms with E-state index in [2.05, 4.69) is 19.6 Å². The minimum Gasteiger partial charge on any atom is -1.00 e. The monoisotopic (exact) mass is 512 g/mol. The average Bonchev–Trinajstić information content (AvgIpc) is 2.71. The molecule has 0 aromatic rings. The number of nitriles is 1. The van der Waals surface area contributed by atoms with E-state index in [-0.39, 0.29) is 87.0 Å². The van der Waals surface area contributed by atoms with Crippen molar-refractivity contribution in [3.8, 4) is 6.19 Å². The number of carbonyl (C=O) groups is 2. The first kappa shape index (κ1) is 40.3. The topological polar surface area (TPSA) is 157 Å². The van der Waals surface area contributed by atoms with Gasteiger partial charge in [0.05, 0.1) is 19.6 Å². The second-order valence-corrected chi connectivity index (χ2v) is 9.08. The molecular weight excluding hydrogens is 470 g/mol. The third kappa shape index (κ3) is 22.4. The Labute approximate surface area is 247 Å². The summed E-state index contributed by atoms with van der Waals surface area (Å²) in [4.78, 5) is 24.2. The van der Waals surface area contributed by atoms with Crippen molar-refractivity contribution in [1.82, 2.24) is 0 Å². The number of hydrogen-bond acceptors (Lipinski definition) is 8. The Morgan fingerprint density at radius 2 is 1.36 bits per heavy atom. The van der Waals surface area contributed by atoms with Crippen LogP contribution in [0.2, 0.25) is 0 Å². The Kier molecular flexibility index (Phi) is 30.8. The van der Waals surface area contributed by atoms with E-state index in [4.69, 9.17) is 14.7 Å². The van der Waals surface area contributed by atoms with E-state index >= 15 is 0 Å². The van der Waals surface area contributed by atoms with Gasteiger partial charge in [-0.3, -0.25) is 14.1 Å². The van der Waals surface area contributed by atoms with E-state index < -0.39 is 33.7 Å². The van der Waals surface area contributed by atoms with Crippen molar-refractivity contribution in [2.45, 2.75) is 90.7 Å². The number of esters is 2. The maximum atomic E-state index is 12.2. The molecule has 0 rings (SSSR count). The van der Waals surface area contributed by atoms with Crippen molar-refractivity contribution < 1.29 is 94.0 Å². The maximum Gasteiger partial charge on any atom is 1.00 e. The van der Waals surface area contributed by atoms with Crippen LogP contribution < -0.4 is 64.8 Å². The smallest absolute Gasteiger partial charge is 1.00 e. The number of hydrogen-bond donors (Lipinski definition) is 2. The number of nitrogens with zero attached hydrogens (tertiary/aromatic N) is 1. The van der Waals surface area contributed by atoms with Crippen LogP contribution in [0.1, 0.15) is 88.3 Å². The van der Waals surface area contributed by atoms with Crippen molar-refractivity contribution in [2.75, 3.05) is 13.2 Å². The molecule has 3 N–H and O–H groups in total. The molecule has 9 nitrogen and oxygen atoms in total. The molecule has 0 saturated carbocycles. The summed E-state index contributed by atoms with van der Waals surface area (Å²) in [5, 5.41) is 5.15. The maximum absolute atomic E-state index is 12.2. The van der Waals surface area contributed by atoms with Crippen molar-refractivity contribution in [1.29, 1.82) is 5.26 Å². The van der Waals surface area contributed by atoms with Gasteiger partial charge in [0.1, 0.15) is 0 Å². The quantitative estimate of drug-likeness (QED) is 0.0771. The van der Waals surface area contributed by atoms with Gasteiger partial charge in [-0.05, 0) is 24.7 Å². The zero-order chi connectivity index (χ0) is 24.3. The minimum atomic E-state index is -4.76. The summed E-state index contributed by atoms with van der Waals surface area (Å²) in [6.07, 6.45) is 7.99. The molecule has 3 atom stereocenters. The van der Waals surface area contributed by atoms with Crippen LogP contribution >= 0.6 is 0 Å². The normalized spacial score (nSPS) is 12.8. The third-order valence-corrected chi connectivity index (χ3v) is 6.08. The predicted molar refractivity (Wildman–Crippen MR) is 121 cm³/mol. The number of ether oxygens (including phenoxy) is 2. The van der Waals surface area contributed by atoms with E-state index in [1.165, 1.54) is 6.19 Å². The molecule has 33 heavy (non-hydrogen) atoms. The fraction of sp³-hybridized carbons (Fsp3) is 0.857. The van der Waals surface area contributed by atoms with Crippen LogP contribution in [-0.2, 0) is 29.2 Å². The van der Waals surface area contributed by atoms with E-state index in [1.54, 1.807) is 0 Å². The van der Waals surface area contributed by atoms with Gasteiger partial charge in [0.15, 0.2) is 11.4 Å². The molecule has 0 aliphatic heterocycles. The molecule has 0 aromatic heterocycles. The fourth-order valence-corrected chi connectivity index (χ4v) is 3.48. The molecule has 0 heterocycles. The van der Waals surface area contributed by atoms with Gasteiger partial charge in [0.2, 0.25) is 0 Å². The summed E-state index contributed by atoms with van der Waals surface area (Å²) in [5.74, 6) is -1.61. The first-order chi connectivity index (χ1) is 14.6. The minimum absolute atomic E-state index is 0.